The summed E-state index contributed by atoms with van der Waals surface area (Å²) in [5, 5.41) is 14.8. The number of aromatic nitrogens is 3. The second-order valence-electron chi connectivity index (χ2n) is 6.42. The van der Waals surface area contributed by atoms with Crippen LogP contribution in [0.15, 0.2) is 46.0 Å². The standard InChI is InChI=1S/C19H13BrFN5O2S/c1-2-29-18-23-16-15(25-26-18)11-7-9(20)3-5-13(11)24-19(28-16)12-8-10(21)4-6-14(12)22-17(19)27/h3-8,24H,2H2,1H3,(H,22,27). The largest absolute Gasteiger partial charge is 0.435 e. The lowest BCUT2D eigenvalue weighted by atomic mass is 10.0. The van der Waals surface area contributed by atoms with Crippen molar-refractivity contribution in [1.29, 1.82) is 0 Å². The van der Waals surface area contributed by atoms with Crippen molar-refractivity contribution in [3.05, 3.63) is 52.3 Å². The Morgan fingerprint density at radius 2 is 2.03 bits per heavy atom. The van der Waals surface area contributed by atoms with E-state index >= 15 is 0 Å². The van der Waals surface area contributed by atoms with Gasteiger partial charge in [-0.15, -0.1) is 10.2 Å². The summed E-state index contributed by atoms with van der Waals surface area (Å²) in [7, 11) is 0. The molecule has 0 fully saturated rings. The summed E-state index contributed by atoms with van der Waals surface area (Å²) in [4.78, 5) is 17.5. The first-order valence-electron chi connectivity index (χ1n) is 8.76. The number of halogens is 2. The van der Waals surface area contributed by atoms with Crippen LogP contribution >= 0.6 is 27.7 Å². The number of nitrogens with zero attached hydrogens (tertiary/aromatic N) is 3. The summed E-state index contributed by atoms with van der Waals surface area (Å²) in [5.41, 5.74) is 0.769. The number of amides is 1. The third-order valence-corrected chi connectivity index (χ3v) is 5.85. The number of fused-ring (bicyclic) bond motifs is 5. The molecule has 0 aliphatic carbocycles. The first kappa shape index (κ1) is 18.3. The van der Waals surface area contributed by atoms with Gasteiger partial charge in [0.1, 0.15) is 5.82 Å². The predicted molar refractivity (Wildman–Crippen MR) is 110 cm³/mol. The number of hydrogen-bond acceptors (Lipinski definition) is 7. The number of carbonyl (C=O) groups excluding carboxylic acids is 1. The van der Waals surface area contributed by atoms with E-state index < -0.39 is 17.4 Å². The van der Waals surface area contributed by atoms with Crippen LogP contribution in [0.4, 0.5) is 15.8 Å². The molecule has 2 aliphatic rings. The van der Waals surface area contributed by atoms with Gasteiger partial charge < -0.3 is 15.4 Å². The van der Waals surface area contributed by atoms with Gasteiger partial charge in [-0.2, -0.15) is 4.98 Å². The topological polar surface area (TPSA) is 89.0 Å². The van der Waals surface area contributed by atoms with Crippen LogP contribution in [-0.2, 0) is 10.5 Å². The molecule has 7 nitrogen and oxygen atoms in total. The average Bonchev–Trinajstić information content (AvgIpc) is 2.86. The molecular weight excluding hydrogens is 461 g/mol. The van der Waals surface area contributed by atoms with Gasteiger partial charge in [-0.3, -0.25) is 4.79 Å². The van der Waals surface area contributed by atoms with E-state index in [2.05, 4.69) is 41.7 Å². The summed E-state index contributed by atoms with van der Waals surface area (Å²) in [5.74, 6) is -0.0511. The molecule has 0 saturated carbocycles. The molecule has 3 aromatic rings. The monoisotopic (exact) mass is 473 g/mol. The molecule has 10 heteroatoms. The van der Waals surface area contributed by atoms with E-state index in [4.69, 9.17) is 4.74 Å². The zero-order valence-electron chi connectivity index (χ0n) is 15.0. The van der Waals surface area contributed by atoms with Crippen molar-refractivity contribution in [3.8, 4) is 17.1 Å². The van der Waals surface area contributed by atoms with E-state index in [-0.39, 0.29) is 5.88 Å². The second kappa shape index (κ2) is 6.67. The molecule has 5 rings (SSSR count). The Hall–Kier alpha value is -2.72. The fourth-order valence-corrected chi connectivity index (χ4v) is 4.25. The molecule has 1 spiro atoms. The first-order chi connectivity index (χ1) is 14.0. The number of carbonyl (C=O) groups is 1. The predicted octanol–water partition coefficient (Wildman–Crippen LogP) is 4.16. The highest BCUT2D eigenvalue weighted by Gasteiger charge is 2.52. The van der Waals surface area contributed by atoms with Gasteiger partial charge in [0, 0.05) is 15.7 Å². The van der Waals surface area contributed by atoms with Crippen molar-refractivity contribution in [3.63, 3.8) is 0 Å². The van der Waals surface area contributed by atoms with Crippen molar-refractivity contribution in [2.75, 3.05) is 16.4 Å². The van der Waals surface area contributed by atoms with Gasteiger partial charge in [-0.05, 0) is 42.2 Å². The van der Waals surface area contributed by atoms with Crippen LogP contribution in [0.1, 0.15) is 12.5 Å². The van der Waals surface area contributed by atoms with Crippen molar-refractivity contribution in [1.82, 2.24) is 15.2 Å². The maximum absolute atomic E-state index is 14.1. The van der Waals surface area contributed by atoms with Crippen LogP contribution < -0.4 is 15.4 Å². The normalized spacial score (nSPS) is 18.8. The van der Waals surface area contributed by atoms with Gasteiger partial charge in [0.05, 0.1) is 11.3 Å². The lowest BCUT2D eigenvalue weighted by Crippen LogP contribution is -2.47. The molecule has 2 aliphatic heterocycles. The summed E-state index contributed by atoms with van der Waals surface area (Å²) in [6.07, 6.45) is 0. The fourth-order valence-electron chi connectivity index (χ4n) is 3.38. The Morgan fingerprint density at radius 1 is 1.21 bits per heavy atom. The molecule has 1 unspecified atom stereocenters. The van der Waals surface area contributed by atoms with E-state index in [0.717, 1.165) is 10.2 Å². The van der Waals surface area contributed by atoms with Gasteiger partial charge >= 0.3 is 0 Å². The minimum absolute atomic E-state index is 0.146. The van der Waals surface area contributed by atoms with Crippen molar-refractivity contribution in [2.45, 2.75) is 17.8 Å². The first-order valence-corrected chi connectivity index (χ1v) is 10.5. The summed E-state index contributed by atoms with van der Waals surface area (Å²) >= 11 is 4.86. The third kappa shape index (κ3) is 2.85. The van der Waals surface area contributed by atoms with E-state index in [1.54, 1.807) is 6.07 Å². The van der Waals surface area contributed by atoms with Gasteiger partial charge in [0.15, 0.2) is 5.69 Å². The fraction of sp³-hybridized carbons (Fsp3) is 0.158. The maximum Gasteiger partial charge on any atom is 0.295 e. The van der Waals surface area contributed by atoms with Gasteiger partial charge in [0.25, 0.3) is 11.6 Å². The highest BCUT2D eigenvalue weighted by Crippen LogP contribution is 2.47. The van der Waals surface area contributed by atoms with Crippen LogP contribution in [-0.4, -0.2) is 26.8 Å². The molecule has 0 bridgehead atoms. The van der Waals surface area contributed by atoms with Crippen LogP contribution in [0.2, 0.25) is 0 Å². The van der Waals surface area contributed by atoms with E-state index in [1.165, 1.54) is 30.0 Å². The number of ether oxygens (including phenoxy) is 1. The molecule has 146 valence electrons. The Labute approximate surface area is 177 Å². The Kier molecular flexibility index (Phi) is 4.21. The molecule has 1 aromatic heterocycles. The highest BCUT2D eigenvalue weighted by atomic mass is 79.9. The highest BCUT2D eigenvalue weighted by molar-refractivity contribution is 9.10. The number of anilines is 2. The van der Waals surface area contributed by atoms with E-state index in [0.29, 0.717) is 33.4 Å². The van der Waals surface area contributed by atoms with Crippen LogP contribution in [0.5, 0.6) is 5.88 Å². The average molecular weight is 474 g/mol. The summed E-state index contributed by atoms with van der Waals surface area (Å²) in [6, 6.07) is 9.53. The smallest absolute Gasteiger partial charge is 0.295 e. The zero-order chi connectivity index (χ0) is 20.2. The van der Waals surface area contributed by atoms with Crippen molar-refractivity contribution in [2.24, 2.45) is 0 Å². The lowest BCUT2D eigenvalue weighted by molar-refractivity contribution is -0.128. The van der Waals surface area contributed by atoms with Gasteiger partial charge in [0.2, 0.25) is 11.0 Å². The van der Waals surface area contributed by atoms with Gasteiger partial charge in [-0.25, -0.2) is 4.39 Å². The van der Waals surface area contributed by atoms with Crippen LogP contribution in [0.3, 0.4) is 0 Å². The SMILES string of the molecule is CCSc1nnc2c(n1)OC1(Nc3ccc(Br)cc3-2)C(=O)Nc2ccc(F)cc21. The third-order valence-electron chi connectivity index (χ3n) is 4.63. The molecule has 3 heterocycles. The van der Waals surface area contributed by atoms with Crippen LogP contribution in [0, 0.1) is 5.82 Å². The van der Waals surface area contributed by atoms with Crippen LogP contribution in [0.25, 0.3) is 11.3 Å². The number of benzene rings is 2. The number of hydrogen-bond donors (Lipinski definition) is 2. The van der Waals surface area contributed by atoms with Crippen molar-refractivity contribution < 1.29 is 13.9 Å². The molecule has 1 amide bonds. The number of nitrogens with one attached hydrogen (secondary N) is 2. The maximum atomic E-state index is 14.1. The Bertz CT molecular complexity index is 1180. The molecule has 29 heavy (non-hydrogen) atoms. The minimum atomic E-state index is -1.69. The zero-order valence-corrected chi connectivity index (χ0v) is 17.4. The Morgan fingerprint density at radius 3 is 2.86 bits per heavy atom. The summed E-state index contributed by atoms with van der Waals surface area (Å²) in [6.45, 7) is 1.97. The molecule has 1 atom stereocenters. The second-order valence-corrected chi connectivity index (χ2v) is 8.57. The lowest BCUT2D eigenvalue weighted by Gasteiger charge is -2.28. The molecule has 2 N–H and O–H groups in total. The quantitative estimate of drug-likeness (QED) is 0.540. The Balaban J connectivity index is 1.78. The van der Waals surface area contributed by atoms with Gasteiger partial charge in [-0.1, -0.05) is 34.6 Å². The summed E-state index contributed by atoms with van der Waals surface area (Å²) < 4.78 is 21.1. The number of rotatable bonds is 2. The molecule has 0 radical (unpaired) electrons. The molecule has 2 aromatic carbocycles. The number of thioether (sulfide) groups is 1. The van der Waals surface area contributed by atoms with E-state index in [1.807, 2.05) is 19.1 Å². The molecular formula is C19H13BrFN5O2S. The minimum Gasteiger partial charge on any atom is -0.435 e. The van der Waals surface area contributed by atoms with Crippen molar-refractivity contribution >= 4 is 45.0 Å². The molecule has 0 saturated heterocycles. The van der Waals surface area contributed by atoms with E-state index in [9.17, 15) is 9.18 Å².